The van der Waals surface area contributed by atoms with Gasteiger partial charge in [0, 0.05) is 17.3 Å². The molecule has 0 saturated carbocycles. The van der Waals surface area contributed by atoms with E-state index in [1.807, 2.05) is 19.1 Å². The second kappa shape index (κ2) is 9.49. The predicted octanol–water partition coefficient (Wildman–Crippen LogP) is 3.55. The molecule has 0 aromatic heterocycles. The molecule has 2 rings (SSSR count). The number of hydrogen-bond acceptors (Lipinski definition) is 5. The number of rotatable bonds is 6. The lowest BCUT2D eigenvalue weighted by Crippen LogP contribution is -2.34. The van der Waals surface area contributed by atoms with Gasteiger partial charge in [0.1, 0.15) is 12.4 Å². The Morgan fingerprint density at radius 1 is 1.11 bits per heavy atom. The van der Waals surface area contributed by atoms with Gasteiger partial charge < -0.3 is 14.8 Å². The molecule has 0 aliphatic carbocycles. The number of ether oxygens (including phenoxy) is 2. The maximum atomic E-state index is 12.3. The van der Waals surface area contributed by atoms with Crippen molar-refractivity contribution in [3.8, 4) is 5.75 Å². The standard InChI is InChI=1S/C20H20N2O4S/c1-13(2)12-26-17-6-4-5-16(11-17)21-20(27)22-18(23)14-7-9-15(10-8-14)19(24)25-3/h4-11H,1,12H2,2-3H3,(H2,21,22,23,27). The van der Waals surface area contributed by atoms with Crippen LogP contribution in [-0.4, -0.2) is 30.7 Å². The molecule has 0 radical (unpaired) electrons. The summed E-state index contributed by atoms with van der Waals surface area (Å²) in [6.07, 6.45) is 0. The van der Waals surface area contributed by atoms with E-state index in [0.717, 1.165) is 5.57 Å². The topological polar surface area (TPSA) is 76.7 Å². The van der Waals surface area contributed by atoms with Crippen LogP contribution in [0, 0.1) is 0 Å². The normalized spacial score (nSPS) is 9.85. The van der Waals surface area contributed by atoms with Crippen LogP contribution in [0.15, 0.2) is 60.7 Å². The van der Waals surface area contributed by atoms with Gasteiger partial charge in [0.15, 0.2) is 5.11 Å². The van der Waals surface area contributed by atoms with Gasteiger partial charge in [0.2, 0.25) is 0 Å². The highest BCUT2D eigenvalue weighted by molar-refractivity contribution is 7.80. The zero-order chi connectivity index (χ0) is 19.8. The molecule has 0 aliphatic heterocycles. The van der Waals surface area contributed by atoms with Gasteiger partial charge in [-0.25, -0.2) is 4.79 Å². The highest BCUT2D eigenvalue weighted by Gasteiger charge is 2.10. The summed E-state index contributed by atoms with van der Waals surface area (Å²) in [5, 5.41) is 5.67. The lowest BCUT2D eigenvalue weighted by molar-refractivity contribution is 0.0600. The largest absolute Gasteiger partial charge is 0.489 e. The zero-order valence-corrected chi connectivity index (χ0v) is 15.9. The lowest BCUT2D eigenvalue weighted by atomic mass is 10.1. The molecule has 0 heterocycles. The second-order valence-electron chi connectivity index (χ2n) is 5.75. The molecule has 0 aliphatic rings. The van der Waals surface area contributed by atoms with E-state index in [1.54, 1.807) is 12.1 Å². The van der Waals surface area contributed by atoms with Crippen molar-refractivity contribution in [1.29, 1.82) is 0 Å². The van der Waals surface area contributed by atoms with Gasteiger partial charge in [0.05, 0.1) is 12.7 Å². The Morgan fingerprint density at radius 2 is 1.78 bits per heavy atom. The Hall–Kier alpha value is -3.19. The number of nitrogens with one attached hydrogen (secondary N) is 2. The first-order chi connectivity index (χ1) is 12.9. The molecule has 140 valence electrons. The van der Waals surface area contributed by atoms with Crippen LogP contribution in [0.1, 0.15) is 27.6 Å². The van der Waals surface area contributed by atoms with Crippen molar-refractivity contribution in [2.24, 2.45) is 0 Å². The van der Waals surface area contributed by atoms with Crippen molar-refractivity contribution >= 4 is 34.9 Å². The van der Waals surface area contributed by atoms with E-state index in [-0.39, 0.29) is 5.11 Å². The molecule has 0 fully saturated rings. The first kappa shape index (κ1) is 20.1. The molecule has 2 aromatic rings. The highest BCUT2D eigenvalue weighted by atomic mass is 32.1. The van der Waals surface area contributed by atoms with E-state index < -0.39 is 11.9 Å². The van der Waals surface area contributed by atoms with Gasteiger partial charge in [-0.05, 0) is 61.1 Å². The molecule has 2 aromatic carbocycles. The first-order valence-corrected chi connectivity index (χ1v) is 8.48. The summed E-state index contributed by atoms with van der Waals surface area (Å²) >= 11 is 5.18. The molecule has 6 nitrogen and oxygen atoms in total. The fourth-order valence-corrected chi connectivity index (χ4v) is 2.29. The smallest absolute Gasteiger partial charge is 0.337 e. The Morgan fingerprint density at radius 3 is 2.41 bits per heavy atom. The van der Waals surface area contributed by atoms with E-state index in [9.17, 15) is 9.59 Å². The SMILES string of the molecule is C=C(C)COc1cccc(NC(=S)NC(=O)c2ccc(C(=O)OC)cc2)c1. The van der Waals surface area contributed by atoms with Gasteiger partial charge in [-0.2, -0.15) is 0 Å². The summed E-state index contributed by atoms with van der Waals surface area (Å²) in [7, 11) is 1.30. The first-order valence-electron chi connectivity index (χ1n) is 8.07. The third kappa shape index (κ3) is 6.23. The van der Waals surface area contributed by atoms with Gasteiger partial charge in [-0.3, -0.25) is 10.1 Å². The van der Waals surface area contributed by atoms with Crippen molar-refractivity contribution in [1.82, 2.24) is 5.32 Å². The molecular formula is C20H20N2O4S. The third-order valence-corrected chi connectivity index (χ3v) is 3.58. The number of esters is 1. The molecule has 27 heavy (non-hydrogen) atoms. The summed E-state index contributed by atoms with van der Waals surface area (Å²) < 4.78 is 10.2. The Labute approximate surface area is 163 Å². The van der Waals surface area contributed by atoms with E-state index >= 15 is 0 Å². The van der Waals surface area contributed by atoms with E-state index in [1.165, 1.54) is 31.4 Å². The van der Waals surface area contributed by atoms with Gasteiger partial charge in [0.25, 0.3) is 5.91 Å². The van der Waals surface area contributed by atoms with Crippen LogP contribution in [0.3, 0.4) is 0 Å². The second-order valence-corrected chi connectivity index (χ2v) is 6.16. The number of amides is 1. The highest BCUT2D eigenvalue weighted by Crippen LogP contribution is 2.18. The van der Waals surface area contributed by atoms with Crippen LogP contribution in [0.5, 0.6) is 5.75 Å². The number of hydrogen-bond donors (Lipinski definition) is 2. The molecule has 7 heteroatoms. The Bertz CT molecular complexity index is 863. The fraction of sp³-hybridized carbons (Fsp3) is 0.150. The van der Waals surface area contributed by atoms with Crippen LogP contribution in [0.2, 0.25) is 0 Å². The number of benzene rings is 2. The average Bonchev–Trinajstić information content (AvgIpc) is 2.66. The van der Waals surface area contributed by atoms with E-state index in [0.29, 0.717) is 29.2 Å². The fourth-order valence-electron chi connectivity index (χ4n) is 2.08. The zero-order valence-electron chi connectivity index (χ0n) is 15.1. The van der Waals surface area contributed by atoms with Crippen molar-refractivity contribution < 1.29 is 19.1 Å². The minimum absolute atomic E-state index is 0.147. The average molecular weight is 384 g/mol. The van der Waals surface area contributed by atoms with Crippen LogP contribution in [0.4, 0.5) is 5.69 Å². The quantitative estimate of drug-likeness (QED) is 0.451. The monoisotopic (exact) mass is 384 g/mol. The number of carbonyl (C=O) groups excluding carboxylic acids is 2. The molecule has 0 bridgehead atoms. The molecule has 0 spiro atoms. The van der Waals surface area contributed by atoms with Crippen molar-refractivity contribution in [3.05, 3.63) is 71.8 Å². The Kier molecular flexibility index (Phi) is 7.08. The van der Waals surface area contributed by atoms with E-state index in [2.05, 4.69) is 21.9 Å². The van der Waals surface area contributed by atoms with Crippen molar-refractivity contribution in [2.45, 2.75) is 6.92 Å². The number of thiocarbonyl (C=S) groups is 1. The number of carbonyl (C=O) groups is 2. The minimum Gasteiger partial charge on any atom is -0.489 e. The molecule has 1 amide bonds. The van der Waals surface area contributed by atoms with Gasteiger partial charge in [-0.15, -0.1) is 0 Å². The van der Waals surface area contributed by atoms with Crippen LogP contribution >= 0.6 is 12.2 Å². The van der Waals surface area contributed by atoms with Crippen LogP contribution < -0.4 is 15.4 Å². The molecule has 0 saturated heterocycles. The van der Waals surface area contributed by atoms with E-state index in [4.69, 9.17) is 17.0 Å². The summed E-state index contributed by atoms with van der Waals surface area (Å²) in [5.74, 6) is -0.193. The Balaban J connectivity index is 1.95. The summed E-state index contributed by atoms with van der Waals surface area (Å²) in [6.45, 7) is 6.09. The minimum atomic E-state index is -0.465. The number of anilines is 1. The summed E-state index contributed by atoms with van der Waals surface area (Å²) in [5.41, 5.74) is 2.32. The molecule has 2 N–H and O–H groups in total. The maximum Gasteiger partial charge on any atom is 0.337 e. The predicted molar refractivity (Wildman–Crippen MR) is 108 cm³/mol. The summed E-state index contributed by atoms with van der Waals surface area (Å²) in [6, 6.07) is 13.3. The molecule has 0 unspecified atom stereocenters. The van der Waals surface area contributed by atoms with Gasteiger partial charge >= 0.3 is 5.97 Å². The van der Waals surface area contributed by atoms with Crippen molar-refractivity contribution in [3.63, 3.8) is 0 Å². The third-order valence-electron chi connectivity index (χ3n) is 3.37. The maximum absolute atomic E-state index is 12.3. The molecule has 0 atom stereocenters. The van der Waals surface area contributed by atoms with Gasteiger partial charge in [-0.1, -0.05) is 12.6 Å². The molecular weight excluding hydrogens is 364 g/mol. The summed E-state index contributed by atoms with van der Waals surface area (Å²) in [4.78, 5) is 23.7. The van der Waals surface area contributed by atoms with Crippen LogP contribution in [0.25, 0.3) is 0 Å². The lowest BCUT2D eigenvalue weighted by Gasteiger charge is -2.11. The van der Waals surface area contributed by atoms with Crippen LogP contribution in [-0.2, 0) is 4.74 Å². The number of methoxy groups -OCH3 is 1. The van der Waals surface area contributed by atoms with Crippen molar-refractivity contribution in [2.75, 3.05) is 19.0 Å².